The van der Waals surface area contributed by atoms with E-state index in [0.29, 0.717) is 11.5 Å². The van der Waals surface area contributed by atoms with Gasteiger partial charge >= 0.3 is 0 Å². The van der Waals surface area contributed by atoms with E-state index in [1.54, 1.807) is 10.9 Å². The molecule has 1 unspecified atom stereocenters. The Morgan fingerprint density at radius 3 is 2.67 bits per heavy atom. The highest BCUT2D eigenvalue weighted by atomic mass is 16.3. The van der Waals surface area contributed by atoms with E-state index in [4.69, 9.17) is 0 Å². The lowest BCUT2D eigenvalue weighted by molar-refractivity contribution is 0.0908. The van der Waals surface area contributed by atoms with Crippen LogP contribution < -0.4 is 5.32 Å². The molecule has 0 aliphatic carbocycles. The van der Waals surface area contributed by atoms with Crippen LogP contribution in [0.2, 0.25) is 0 Å². The van der Waals surface area contributed by atoms with Crippen molar-refractivity contribution in [3.05, 3.63) is 48.3 Å². The highest BCUT2D eigenvalue weighted by Gasteiger charge is 2.15. The molecule has 5 heteroatoms. The number of benzene rings is 1. The molecular weight excluding hydrogens is 266 g/mol. The van der Waals surface area contributed by atoms with Crippen molar-refractivity contribution >= 4 is 5.91 Å². The number of aliphatic hydroxyl groups is 1. The largest absolute Gasteiger partial charge is 0.394 e. The SMILES string of the molecule is CC(C)CC(CO)NC(=O)c1cnn(-c2ccccc2)c1. The molecule has 0 fully saturated rings. The Morgan fingerprint density at radius 2 is 2.05 bits per heavy atom. The summed E-state index contributed by atoms with van der Waals surface area (Å²) in [5.41, 5.74) is 1.39. The van der Waals surface area contributed by atoms with E-state index < -0.39 is 0 Å². The number of para-hydroxylation sites is 1. The van der Waals surface area contributed by atoms with Gasteiger partial charge in [-0.3, -0.25) is 4.79 Å². The van der Waals surface area contributed by atoms with Crippen LogP contribution in [0.25, 0.3) is 5.69 Å². The molecule has 0 radical (unpaired) electrons. The third-order valence-electron chi connectivity index (χ3n) is 3.18. The fourth-order valence-corrected chi connectivity index (χ4v) is 2.18. The molecule has 1 aromatic heterocycles. The Hall–Kier alpha value is -2.14. The van der Waals surface area contributed by atoms with Crippen molar-refractivity contribution in [1.82, 2.24) is 15.1 Å². The first-order chi connectivity index (χ1) is 10.1. The maximum atomic E-state index is 12.2. The summed E-state index contributed by atoms with van der Waals surface area (Å²) >= 11 is 0. The monoisotopic (exact) mass is 287 g/mol. The molecule has 21 heavy (non-hydrogen) atoms. The lowest BCUT2D eigenvalue weighted by Gasteiger charge is -2.17. The zero-order valence-corrected chi connectivity index (χ0v) is 12.4. The van der Waals surface area contributed by atoms with Gasteiger partial charge in [0.25, 0.3) is 5.91 Å². The Kier molecular flexibility index (Phi) is 5.11. The standard InChI is InChI=1S/C16H21N3O2/c1-12(2)8-14(11-20)18-16(21)13-9-17-19(10-13)15-6-4-3-5-7-15/h3-7,9-10,12,14,20H,8,11H2,1-2H3,(H,18,21). The van der Waals surface area contributed by atoms with Crippen molar-refractivity contribution in [2.24, 2.45) is 5.92 Å². The summed E-state index contributed by atoms with van der Waals surface area (Å²) in [6.07, 6.45) is 3.97. The Bertz CT molecular complexity index is 578. The molecule has 0 aliphatic heterocycles. The Morgan fingerprint density at radius 1 is 1.33 bits per heavy atom. The Labute approximate surface area is 124 Å². The molecular formula is C16H21N3O2. The molecule has 112 valence electrons. The van der Waals surface area contributed by atoms with E-state index in [1.165, 1.54) is 6.20 Å². The highest BCUT2D eigenvalue weighted by molar-refractivity contribution is 5.94. The summed E-state index contributed by atoms with van der Waals surface area (Å²) in [5, 5.41) is 16.4. The van der Waals surface area contributed by atoms with Crippen molar-refractivity contribution in [2.45, 2.75) is 26.3 Å². The number of carbonyl (C=O) groups excluding carboxylic acids is 1. The molecule has 1 aromatic carbocycles. The number of rotatable bonds is 6. The third kappa shape index (κ3) is 4.16. The number of nitrogens with one attached hydrogen (secondary N) is 1. The van der Waals surface area contributed by atoms with Gasteiger partial charge in [0.15, 0.2) is 0 Å². The number of hydrogen-bond donors (Lipinski definition) is 2. The van der Waals surface area contributed by atoms with Crippen molar-refractivity contribution in [3.8, 4) is 5.69 Å². The van der Waals surface area contributed by atoms with Crippen molar-refractivity contribution < 1.29 is 9.90 Å². The van der Waals surface area contributed by atoms with E-state index >= 15 is 0 Å². The van der Waals surface area contributed by atoms with Crippen LogP contribution in [0.5, 0.6) is 0 Å². The van der Waals surface area contributed by atoms with Gasteiger partial charge in [-0.25, -0.2) is 4.68 Å². The molecule has 1 atom stereocenters. The first kappa shape index (κ1) is 15.3. The number of aromatic nitrogens is 2. The normalized spacial score (nSPS) is 12.4. The number of amides is 1. The van der Waals surface area contributed by atoms with Crippen LogP contribution in [0.1, 0.15) is 30.6 Å². The van der Waals surface area contributed by atoms with Crippen LogP contribution in [0.3, 0.4) is 0 Å². The summed E-state index contributed by atoms with van der Waals surface area (Å²) in [6.45, 7) is 4.06. The van der Waals surface area contributed by atoms with Gasteiger partial charge in [0, 0.05) is 6.20 Å². The zero-order valence-electron chi connectivity index (χ0n) is 12.4. The van der Waals surface area contributed by atoms with Crippen LogP contribution in [0, 0.1) is 5.92 Å². The molecule has 1 heterocycles. The van der Waals surface area contributed by atoms with Gasteiger partial charge in [-0.15, -0.1) is 0 Å². The van der Waals surface area contributed by atoms with Gasteiger partial charge in [-0.2, -0.15) is 5.10 Å². The number of aliphatic hydroxyl groups excluding tert-OH is 1. The van der Waals surface area contributed by atoms with Crippen LogP contribution in [-0.2, 0) is 0 Å². The van der Waals surface area contributed by atoms with Crippen molar-refractivity contribution in [1.29, 1.82) is 0 Å². The topological polar surface area (TPSA) is 67.2 Å². The van der Waals surface area contributed by atoms with Crippen LogP contribution in [0.4, 0.5) is 0 Å². The summed E-state index contributed by atoms with van der Waals surface area (Å²) in [5.74, 6) is 0.200. The minimum Gasteiger partial charge on any atom is -0.394 e. The average molecular weight is 287 g/mol. The predicted molar refractivity (Wildman–Crippen MR) is 81.4 cm³/mol. The maximum Gasteiger partial charge on any atom is 0.254 e. The molecule has 5 nitrogen and oxygen atoms in total. The molecule has 2 rings (SSSR count). The molecule has 0 saturated heterocycles. The van der Waals surface area contributed by atoms with Crippen LogP contribution >= 0.6 is 0 Å². The molecule has 0 saturated carbocycles. The maximum absolute atomic E-state index is 12.2. The van der Waals surface area contributed by atoms with E-state index in [9.17, 15) is 9.90 Å². The van der Waals surface area contributed by atoms with Crippen molar-refractivity contribution in [2.75, 3.05) is 6.61 Å². The van der Waals surface area contributed by atoms with E-state index in [0.717, 1.165) is 12.1 Å². The van der Waals surface area contributed by atoms with E-state index in [-0.39, 0.29) is 18.6 Å². The fourth-order valence-electron chi connectivity index (χ4n) is 2.18. The minimum absolute atomic E-state index is 0.0588. The zero-order chi connectivity index (χ0) is 15.2. The second-order valence-corrected chi connectivity index (χ2v) is 5.49. The second kappa shape index (κ2) is 7.04. The summed E-state index contributed by atoms with van der Waals surface area (Å²) in [7, 11) is 0. The molecule has 0 bridgehead atoms. The van der Waals surface area contributed by atoms with Crippen LogP contribution in [-0.4, -0.2) is 33.4 Å². The smallest absolute Gasteiger partial charge is 0.254 e. The quantitative estimate of drug-likeness (QED) is 0.854. The van der Waals surface area contributed by atoms with Crippen molar-refractivity contribution in [3.63, 3.8) is 0 Å². The van der Waals surface area contributed by atoms with Gasteiger partial charge in [0.2, 0.25) is 0 Å². The summed E-state index contributed by atoms with van der Waals surface area (Å²) < 4.78 is 1.66. The van der Waals surface area contributed by atoms with Gasteiger partial charge < -0.3 is 10.4 Å². The van der Waals surface area contributed by atoms with Gasteiger partial charge in [0.1, 0.15) is 0 Å². The van der Waals surface area contributed by atoms with E-state index in [1.807, 2.05) is 30.3 Å². The first-order valence-electron chi connectivity index (χ1n) is 7.12. The molecule has 1 amide bonds. The first-order valence-corrected chi connectivity index (χ1v) is 7.12. The molecule has 0 spiro atoms. The number of carbonyl (C=O) groups is 1. The number of hydrogen-bond acceptors (Lipinski definition) is 3. The van der Waals surface area contributed by atoms with Gasteiger partial charge in [-0.1, -0.05) is 32.0 Å². The van der Waals surface area contributed by atoms with E-state index in [2.05, 4.69) is 24.3 Å². The third-order valence-corrected chi connectivity index (χ3v) is 3.18. The number of nitrogens with zero attached hydrogens (tertiary/aromatic N) is 2. The summed E-state index contributed by atoms with van der Waals surface area (Å²) in [4.78, 5) is 12.2. The molecule has 2 aromatic rings. The average Bonchev–Trinajstić information content (AvgIpc) is 2.97. The van der Waals surface area contributed by atoms with Crippen LogP contribution in [0.15, 0.2) is 42.7 Å². The Balaban J connectivity index is 2.05. The second-order valence-electron chi connectivity index (χ2n) is 5.49. The fraction of sp³-hybridized carbons (Fsp3) is 0.375. The highest BCUT2D eigenvalue weighted by Crippen LogP contribution is 2.09. The minimum atomic E-state index is -0.224. The molecule has 2 N–H and O–H groups in total. The van der Waals surface area contributed by atoms with Gasteiger partial charge in [-0.05, 0) is 24.5 Å². The summed E-state index contributed by atoms with van der Waals surface area (Å²) in [6, 6.07) is 9.38. The predicted octanol–water partition coefficient (Wildman–Crippen LogP) is 2.01. The van der Waals surface area contributed by atoms with Gasteiger partial charge in [0.05, 0.1) is 30.1 Å². The molecule has 0 aliphatic rings. The lowest BCUT2D eigenvalue weighted by atomic mass is 10.0. The lowest BCUT2D eigenvalue weighted by Crippen LogP contribution is -2.38.